The molecule has 1 N–H and O–H groups in total. The average molecular weight is 357 g/mol. The van der Waals surface area contributed by atoms with E-state index in [1.165, 1.54) is 25.6 Å². The van der Waals surface area contributed by atoms with Crippen LogP contribution in [0.15, 0.2) is 0 Å². The maximum Gasteiger partial charge on any atom is 0.242 e. The quantitative estimate of drug-likeness (QED) is 0.663. The Hall–Kier alpha value is -1.21. The summed E-state index contributed by atoms with van der Waals surface area (Å²) in [6.07, 6.45) is 0.411. The second kappa shape index (κ2) is 7.78. The van der Waals surface area contributed by atoms with Gasteiger partial charge in [0.25, 0.3) is 0 Å². The molecule has 0 aliphatic carbocycles. The molecule has 0 spiro atoms. The number of hydrogen-bond acceptors (Lipinski definition) is 6. The molecule has 1 saturated heterocycles. The first-order chi connectivity index (χ1) is 10.8. The minimum Gasteiger partial charge on any atom is -0.383 e. The zero-order chi connectivity index (χ0) is 18.7. The van der Waals surface area contributed by atoms with Crippen molar-refractivity contribution in [1.29, 1.82) is 0 Å². The Morgan fingerprint density at radius 3 is 2.21 bits per heavy atom. The van der Waals surface area contributed by atoms with Crippen LogP contribution in [0.2, 0.25) is 0 Å². The van der Waals surface area contributed by atoms with Gasteiger partial charge in [0.05, 0.1) is 5.25 Å². The molecule has 7 heteroatoms. The molecule has 0 saturated carbocycles. The third-order valence-corrected chi connectivity index (χ3v) is 5.14. The Kier molecular flexibility index (Phi) is 6.75. The summed E-state index contributed by atoms with van der Waals surface area (Å²) >= 11 is 1.32. The molecule has 24 heavy (non-hydrogen) atoms. The van der Waals surface area contributed by atoms with Gasteiger partial charge in [-0.15, -0.1) is 11.8 Å². The van der Waals surface area contributed by atoms with Gasteiger partial charge in [0.1, 0.15) is 11.4 Å². The first-order valence-corrected chi connectivity index (χ1v) is 9.13. The number of nitrogens with zero attached hydrogens (tertiary/aromatic N) is 1. The number of rotatable bonds is 8. The highest BCUT2D eigenvalue weighted by Gasteiger charge is 2.39. The first-order valence-electron chi connectivity index (χ1n) is 8.09. The van der Waals surface area contributed by atoms with Crippen molar-refractivity contribution in [2.45, 2.75) is 64.7 Å². The van der Waals surface area contributed by atoms with Gasteiger partial charge < -0.3 is 5.11 Å². The molecule has 1 aliphatic rings. The van der Waals surface area contributed by atoms with Crippen molar-refractivity contribution >= 4 is 35.1 Å². The van der Waals surface area contributed by atoms with E-state index in [1.54, 1.807) is 0 Å². The SMILES string of the molecule is CC(C)(C)C(=O)CCSC1CC(=O)N(CCC(=O)C(C)(C)O)C1=O. The van der Waals surface area contributed by atoms with Gasteiger partial charge >= 0.3 is 0 Å². The molecule has 1 rings (SSSR count). The van der Waals surface area contributed by atoms with Crippen molar-refractivity contribution in [3.8, 4) is 0 Å². The Morgan fingerprint density at radius 1 is 1.12 bits per heavy atom. The fourth-order valence-corrected chi connectivity index (χ4v) is 3.32. The van der Waals surface area contributed by atoms with Crippen LogP contribution in [-0.2, 0) is 19.2 Å². The van der Waals surface area contributed by atoms with E-state index in [0.29, 0.717) is 12.2 Å². The molecule has 6 nitrogen and oxygen atoms in total. The smallest absolute Gasteiger partial charge is 0.242 e. The number of hydrogen-bond donors (Lipinski definition) is 1. The number of likely N-dealkylation sites (tertiary alicyclic amines) is 1. The number of ketones is 2. The maximum atomic E-state index is 12.3. The summed E-state index contributed by atoms with van der Waals surface area (Å²) in [6, 6.07) is 0. The molecule has 1 aliphatic heterocycles. The Morgan fingerprint density at radius 2 is 1.71 bits per heavy atom. The molecule has 0 aromatic heterocycles. The second-order valence-electron chi connectivity index (χ2n) is 7.60. The summed E-state index contributed by atoms with van der Waals surface area (Å²) in [5.74, 6) is -0.398. The number of Topliss-reactive ketones (excluding diaryl/α,β-unsaturated/α-hetero) is 2. The van der Waals surface area contributed by atoms with Crippen molar-refractivity contribution in [1.82, 2.24) is 4.90 Å². The van der Waals surface area contributed by atoms with Crippen molar-refractivity contribution < 1.29 is 24.3 Å². The summed E-state index contributed by atoms with van der Waals surface area (Å²) in [6.45, 7) is 8.32. The second-order valence-corrected chi connectivity index (χ2v) is 8.91. The van der Waals surface area contributed by atoms with E-state index in [4.69, 9.17) is 0 Å². The Labute approximate surface area is 147 Å². The van der Waals surface area contributed by atoms with Crippen LogP contribution in [0.1, 0.15) is 53.9 Å². The molecule has 0 aromatic rings. The maximum absolute atomic E-state index is 12.3. The van der Waals surface area contributed by atoms with Crippen LogP contribution in [0.3, 0.4) is 0 Å². The normalized spacial score (nSPS) is 19.1. The lowest BCUT2D eigenvalue weighted by atomic mass is 9.89. The molecule has 1 unspecified atom stereocenters. The fraction of sp³-hybridized carbons (Fsp3) is 0.765. The lowest BCUT2D eigenvalue weighted by Crippen LogP contribution is -2.37. The summed E-state index contributed by atoms with van der Waals surface area (Å²) in [7, 11) is 0. The summed E-state index contributed by atoms with van der Waals surface area (Å²) < 4.78 is 0. The van der Waals surface area contributed by atoms with Crippen LogP contribution in [0.25, 0.3) is 0 Å². The number of amides is 2. The summed E-state index contributed by atoms with van der Waals surface area (Å²) in [5, 5.41) is 9.12. The van der Waals surface area contributed by atoms with E-state index in [-0.39, 0.29) is 37.0 Å². The van der Waals surface area contributed by atoms with E-state index in [9.17, 15) is 24.3 Å². The van der Waals surface area contributed by atoms with Gasteiger partial charge in [-0.25, -0.2) is 0 Å². The van der Waals surface area contributed by atoms with E-state index in [0.717, 1.165) is 4.90 Å². The van der Waals surface area contributed by atoms with E-state index >= 15 is 0 Å². The van der Waals surface area contributed by atoms with Crippen molar-refractivity contribution in [2.24, 2.45) is 5.41 Å². The van der Waals surface area contributed by atoms with Crippen molar-refractivity contribution in [3.05, 3.63) is 0 Å². The number of aliphatic hydroxyl groups is 1. The summed E-state index contributed by atoms with van der Waals surface area (Å²) in [5.41, 5.74) is -1.87. The van der Waals surface area contributed by atoms with Crippen LogP contribution in [0, 0.1) is 5.41 Å². The van der Waals surface area contributed by atoms with Gasteiger partial charge in [-0.1, -0.05) is 20.8 Å². The molecule has 0 aromatic carbocycles. The molecule has 1 heterocycles. The Balaban J connectivity index is 2.49. The van der Waals surface area contributed by atoms with Crippen LogP contribution in [-0.4, -0.2) is 56.5 Å². The number of imide groups is 1. The lowest BCUT2D eigenvalue weighted by Gasteiger charge is -2.19. The molecular formula is C17H27NO5S. The number of thioether (sulfide) groups is 1. The molecule has 1 fully saturated rings. The zero-order valence-corrected chi connectivity index (χ0v) is 15.9. The topological polar surface area (TPSA) is 91.8 Å². The van der Waals surface area contributed by atoms with Crippen LogP contribution < -0.4 is 0 Å². The number of carbonyl (C=O) groups excluding carboxylic acids is 4. The number of carbonyl (C=O) groups is 4. The van der Waals surface area contributed by atoms with Crippen molar-refractivity contribution in [3.63, 3.8) is 0 Å². The zero-order valence-electron chi connectivity index (χ0n) is 15.0. The molecule has 1 atom stereocenters. The molecular weight excluding hydrogens is 330 g/mol. The highest BCUT2D eigenvalue weighted by atomic mass is 32.2. The van der Waals surface area contributed by atoms with Gasteiger partial charge in [-0.2, -0.15) is 0 Å². The fourth-order valence-electron chi connectivity index (χ4n) is 2.21. The Bertz CT molecular complexity index is 530. The van der Waals surface area contributed by atoms with E-state index in [1.807, 2.05) is 20.8 Å². The van der Waals surface area contributed by atoms with Gasteiger partial charge in [-0.3, -0.25) is 24.1 Å². The molecule has 0 bridgehead atoms. The van der Waals surface area contributed by atoms with Gasteiger partial charge in [-0.05, 0) is 13.8 Å². The minimum atomic E-state index is -1.46. The average Bonchev–Trinajstić information content (AvgIpc) is 2.69. The van der Waals surface area contributed by atoms with Crippen LogP contribution in [0.5, 0.6) is 0 Å². The highest BCUT2D eigenvalue weighted by Crippen LogP contribution is 2.27. The first kappa shape index (κ1) is 20.8. The van der Waals surface area contributed by atoms with E-state index in [2.05, 4.69) is 0 Å². The van der Waals surface area contributed by atoms with Crippen LogP contribution in [0.4, 0.5) is 0 Å². The predicted molar refractivity (Wildman–Crippen MR) is 92.6 cm³/mol. The highest BCUT2D eigenvalue weighted by molar-refractivity contribution is 8.00. The minimum absolute atomic E-state index is 0.00152. The van der Waals surface area contributed by atoms with Crippen molar-refractivity contribution in [2.75, 3.05) is 12.3 Å². The van der Waals surface area contributed by atoms with Gasteiger partial charge in [0.15, 0.2) is 5.78 Å². The monoisotopic (exact) mass is 357 g/mol. The van der Waals surface area contributed by atoms with E-state index < -0.39 is 22.0 Å². The lowest BCUT2D eigenvalue weighted by molar-refractivity contribution is -0.140. The van der Waals surface area contributed by atoms with Gasteiger partial charge in [0, 0.05) is 37.0 Å². The van der Waals surface area contributed by atoms with Crippen LogP contribution >= 0.6 is 11.8 Å². The molecule has 0 radical (unpaired) electrons. The molecule has 136 valence electrons. The molecule has 2 amide bonds. The largest absolute Gasteiger partial charge is 0.383 e. The summed E-state index contributed by atoms with van der Waals surface area (Å²) in [4.78, 5) is 48.9. The third-order valence-electron chi connectivity index (χ3n) is 3.93. The predicted octanol–water partition coefficient (Wildman–Crippen LogP) is 1.58. The van der Waals surface area contributed by atoms with Gasteiger partial charge in [0.2, 0.25) is 11.8 Å². The third kappa shape index (κ3) is 5.70. The standard InChI is InChI=1S/C17H27NO5S/c1-16(2,3)12(19)7-9-24-11-10-14(21)18(15(11)22)8-6-13(20)17(4,5)23/h11,23H,6-10H2,1-5H3.